The lowest BCUT2D eigenvalue weighted by Crippen LogP contribution is -2.62. The highest BCUT2D eigenvalue weighted by molar-refractivity contribution is 8.76. The maximum atomic E-state index is 14.9. The minimum Gasteiger partial charge on any atom is -0.508 e. The molecule has 9 atom stereocenters. The Morgan fingerprint density at radius 3 is 1.73 bits per heavy atom. The van der Waals surface area contributed by atoms with Crippen LogP contribution in [0, 0.1) is 0 Å². The Bertz CT molecular complexity index is 3250. The number of nitrogens with two attached hydrogens (primary N) is 3. The highest BCUT2D eigenvalue weighted by Gasteiger charge is 2.37. The number of nitrogens with one attached hydrogen (secondary N) is 8. The normalized spacial score (nSPS) is 20.5. The van der Waals surface area contributed by atoms with Crippen molar-refractivity contribution in [3.05, 3.63) is 155 Å². The topological polar surface area (TPSA) is 406 Å². The van der Waals surface area contributed by atoms with Crippen molar-refractivity contribution in [2.24, 2.45) is 17.2 Å². The Labute approximate surface area is 510 Å². The fraction of sp³-hybridized carbons (Fsp3) is 0.345. The predicted molar refractivity (Wildman–Crippen MR) is 326 cm³/mol. The lowest BCUT2D eigenvalue weighted by Gasteiger charge is -2.29. The number of unbranched alkanes of at least 4 members (excludes halogenated alkanes) is 1. The lowest BCUT2D eigenvalue weighted by molar-refractivity contribution is -0.136. The minimum atomic E-state index is -4.02. The van der Waals surface area contributed by atoms with Crippen molar-refractivity contribution in [2.45, 2.75) is 111 Å². The summed E-state index contributed by atoms with van der Waals surface area (Å²) in [4.78, 5) is 114. The molecule has 6 rings (SSSR count). The van der Waals surface area contributed by atoms with Crippen molar-refractivity contribution in [1.29, 1.82) is 0 Å². The Hall–Kier alpha value is -7.92. The van der Waals surface area contributed by atoms with E-state index in [4.69, 9.17) is 28.8 Å². The third kappa shape index (κ3) is 20.9. The number of aromatic hydroxyl groups is 2. The van der Waals surface area contributed by atoms with Crippen LogP contribution in [0.1, 0.15) is 48.4 Å². The van der Waals surface area contributed by atoms with Crippen LogP contribution in [0.25, 0.3) is 0 Å². The van der Waals surface area contributed by atoms with Crippen LogP contribution < -0.4 is 59.1 Å². The number of phenols is 2. The molecule has 1 fully saturated rings. The monoisotopic (exact) mass is 1260 g/mol. The maximum Gasteiger partial charge on any atom is 0.261 e. The van der Waals surface area contributed by atoms with Gasteiger partial charge in [0.25, 0.3) is 10.0 Å². The molecule has 1 aliphatic heterocycles. The molecule has 86 heavy (non-hydrogen) atoms. The molecule has 24 nitrogen and oxygen atoms in total. The Morgan fingerprint density at radius 1 is 0.651 bits per heavy atom. The second-order valence-electron chi connectivity index (χ2n) is 20.3. The van der Waals surface area contributed by atoms with Gasteiger partial charge in [-0.25, -0.2) is 8.42 Å². The Kier molecular flexibility index (Phi) is 25.4. The second-order valence-corrected chi connectivity index (χ2v) is 25.0. The van der Waals surface area contributed by atoms with E-state index in [0.29, 0.717) is 33.7 Å². The van der Waals surface area contributed by atoms with Crippen LogP contribution in [0.5, 0.6) is 11.5 Å². The number of aliphatic hydroxyl groups is 1. The molecule has 0 aromatic heterocycles. The van der Waals surface area contributed by atoms with Crippen LogP contribution in [0.4, 0.5) is 5.69 Å². The first-order valence-electron chi connectivity index (χ1n) is 27.3. The van der Waals surface area contributed by atoms with E-state index in [1.54, 1.807) is 42.5 Å². The van der Waals surface area contributed by atoms with Crippen molar-refractivity contribution < 1.29 is 62.1 Å². The number of amides is 8. The summed E-state index contributed by atoms with van der Waals surface area (Å²) >= 11 is 6.09. The highest BCUT2D eigenvalue weighted by atomic mass is 35.5. The SMILES string of the molecule is C[C@@H](O)[C@@H]1NC(=O)[C@H](CCCCN)NC(=O)[C@@H](Cc2ccc(NS(=O)(=O)c3ccccc3)cc2)NC(=O)[C@H](Cc2ccc(O)cc2)NC(=O)[C@H](NC(=O)[C@@H](N)Cc2ccc(Cl)cc2)CSSC[C@@H](C(=O)N[C@H](Cc2ccc(O)cc2)C(N)=O)NC1=O. The molecule has 1 aliphatic rings. The van der Waals surface area contributed by atoms with Gasteiger partial charge in [-0.15, -0.1) is 0 Å². The average molecular weight is 1260 g/mol. The first-order valence-corrected chi connectivity index (χ1v) is 31.6. The highest BCUT2D eigenvalue weighted by Crippen LogP contribution is 2.25. The molecule has 0 unspecified atom stereocenters. The molecule has 1 heterocycles. The lowest BCUT2D eigenvalue weighted by atomic mass is 10.0. The van der Waals surface area contributed by atoms with Gasteiger partial charge in [0.2, 0.25) is 47.3 Å². The Morgan fingerprint density at radius 2 is 1.16 bits per heavy atom. The van der Waals surface area contributed by atoms with E-state index in [9.17, 15) is 62.1 Å². The molecular weight excluding hydrogens is 1190 g/mol. The van der Waals surface area contributed by atoms with Gasteiger partial charge >= 0.3 is 0 Å². The molecule has 8 amide bonds. The number of rotatable bonds is 21. The van der Waals surface area contributed by atoms with Crippen LogP contribution in [0.2, 0.25) is 5.02 Å². The number of hydrogen-bond acceptors (Lipinski definition) is 17. The number of halogens is 1. The van der Waals surface area contributed by atoms with Crippen molar-refractivity contribution in [2.75, 3.05) is 22.8 Å². The average Bonchev–Trinajstić information content (AvgIpc) is 3.00. The van der Waals surface area contributed by atoms with Gasteiger partial charge in [-0.1, -0.05) is 99.9 Å². The van der Waals surface area contributed by atoms with E-state index in [0.717, 1.165) is 21.6 Å². The van der Waals surface area contributed by atoms with E-state index in [1.807, 2.05) is 0 Å². The summed E-state index contributed by atoms with van der Waals surface area (Å²) in [5.74, 6) is -8.25. The zero-order valence-corrected chi connectivity index (χ0v) is 49.9. The summed E-state index contributed by atoms with van der Waals surface area (Å²) in [6, 6.07) is 19.6. The van der Waals surface area contributed by atoms with Crippen molar-refractivity contribution in [3.8, 4) is 11.5 Å². The standard InChI is InChI=1S/C58H70ClN11O13S3/c1-33(71)50-58(81)68-49(56(79)64-45(51(62)74)28-36-14-22-40(72)23-15-36)32-85-84-31-48(67-52(75)43(61)27-34-10-18-38(59)19-11-34)57(80)66-47(30-37-16-24-41(73)25-17-37)55(78)65-46(54(77)63-44(53(76)69-50)9-5-6-26-60)29-35-12-20-39(21-13-35)70-86(82,83)42-7-3-2-4-8-42/h2-4,7-8,10-25,33,43-50,70-73H,5-6,9,26-32,60-61H2,1H3,(H2,62,74)(H,63,77)(H,64,79)(H,65,78)(H,66,80)(H,67,75)(H,68,81)(H,69,76)/t33-,43+,44+,45-,46-,47+,48-,49+,50+/m1/s1. The first-order chi connectivity index (χ1) is 41.0. The Balaban J connectivity index is 1.39. The fourth-order valence-electron chi connectivity index (χ4n) is 8.75. The van der Waals surface area contributed by atoms with E-state index in [1.165, 1.54) is 91.9 Å². The number of hydrogen-bond donors (Lipinski definition) is 14. The van der Waals surface area contributed by atoms with Crippen LogP contribution in [0.15, 0.2) is 132 Å². The molecule has 0 radical (unpaired) electrons. The van der Waals surface area contributed by atoms with Crippen LogP contribution in [-0.4, -0.2) is 143 Å². The number of sulfonamides is 1. The number of phenolic OH excluding ortho intramolecular Hbond substituents is 2. The molecule has 1 saturated heterocycles. The third-order valence-corrected chi connectivity index (χ3v) is 17.6. The molecule has 0 spiro atoms. The summed E-state index contributed by atoms with van der Waals surface area (Å²) in [7, 11) is -2.14. The summed E-state index contributed by atoms with van der Waals surface area (Å²) in [5, 5.41) is 49.9. The largest absolute Gasteiger partial charge is 0.508 e. The number of carbonyl (C=O) groups excluding carboxylic acids is 8. The maximum absolute atomic E-state index is 14.9. The number of benzene rings is 5. The summed E-state index contributed by atoms with van der Waals surface area (Å²) in [6.45, 7) is 1.39. The number of carbonyl (C=O) groups is 8. The van der Waals surface area contributed by atoms with Crippen molar-refractivity contribution in [1.82, 2.24) is 37.2 Å². The van der Waals surface area contributed by atoms with Crippen LogP contribution >= 0.6 is 33.2 Å². The van der Waals surface area contributed by atoms with Gasteiger partial charge in [-0.2, -0.15) is 0 Å². The first kappa shape index (κ1) is 67.2. The molecule has 17 N–H and O–H groups in total. The van der Waals surface area contributed by atoms with E-state index < -0.39 is 112 Å². The minimum absolute atomic E-state index is 0.000776. The predicted octanol–water partition coefficient (Wildman–Crippen LogP) is 0.934. The molecule has 28 heteroatoms. The second kappa shape index (κ2) is 32.5. The zero-order valence-electron chi connectivity index (χ0n) is 46.7. The molecule has 0 aliphatic carbocycles. The number of aliphatic hydroxyl groups excluding tert-OH is 1. The summed E-state index contributed by atoms with van der Waals surface area (Å²) in [5.41, 5.74) is 20.1. The smallest absolute Gasteiger partial charge is 0.261 e. The van der Waals surface area contributed by atoms with Gasteiger partial charge in [0.15, 0.2) is 0 Å². The zero-order chi connectivity index (χ0) is 62.5. The van der Waals surface area contributed by atoms with Gasteiger partial charge in [0.05, 0.1) is 17.0 Å². The van der Waals surface area contributed by atoms with Gasteiger partial charge in [0.1, 0.15) is 53.8 Å². The van der Waals surface area contributed by atoms with E-state index >= 15 is 0 Å². The fourth-order valence-corrected chi connectivity index (χ4v) is 12.3. The molecule has 0 bridgehead atoms. The summed E-state index contributed by atoms with van der Waals surface area (Å²) < 4.78 is 28.9. The van der Waals surface area contributed by atoms with Gasteiger partial charge in [-0.05, 0) is 122 Å². The number of anilines is 1. The molecule has 5 aromatic carbocycles. The van der Waals surface area contributed by atoms with E-state index in [-0.39, 0.29) is 78.7 Å². The molecule has 5 aromatic rings. The molecule has 0 saturated carbocycles. The van der Waals surface area contributed by atoms with Crippen molar-refractivity contribution >= 4 is 96.2 Å². The van der Waals surface area contributed by atoms with Crippen molar-refractivity contribution in [3.63, 3.8) is 0 Å². The molecule has 460 valence electrons. The van der Waals surface area contributed by atoms with Gasteiger partial charge in [0, 0.05) is 41.5 Å². The van der Waals surface area contributed by atoms with Gasteiger partial charge in [-0.3, -0.25) is 43.1 Å². The summed E-state index contributed by atoms with van der Waals surface area (Å²) in [6.07, 6.45) is -1.76. The van der Waals surface area contributed by atoms with Crippen LogP contribution in [-0.2, 0) is 74.1 Å². The third-order valence-electron chi connectivity index (χ3n) is 13.5. The van der Waals surface area contributed by atoms with Crippen LogP contribution in [0.3, 0.4) is 0 Å². The quantitative estimate of drug-likeness (QED) is 0.0359. The molecular formula is C58H70ClN11O13S3. The number of primary amides is 1. The van der Waals surface area contributed by atoms with E-state index in [2.05, 4.69) is 41.9 Å². The van der Waals surface area contributed by atoms with Gasteiger partial charge < -0.3 is 69.7 Å².